The minimum Gasteiger partial charge on any atom is -0.459 e. The molecule has 1 rings (SSSR count). The smallest absolute Gasteiger partial charge is 0.253 e. The molecule has 0 fully saturated rings. The molecule has 0 saturated heterocycles. The quantitative estimate of drug-likeness (QED) is 0.535. The maximum absolute atomic E-state index is 11.5. The predicted molar refractivity (Wildman–Crippen MR) is 68.0 cm³/mol. The summed E-state index contributed by atoms with van der Waals surface area (Å²) in [5, 5.41) is 0. The van der Waals surface area contributed by atoms with Crippen molar-refractivity contribution in [1.82, 2.24) is 4.90 Å². The molecule has 4 nitrogen and oxygen atoms in total. The standard InChI is InChI=1S/C10H19NO3Si2/c1-5-10(15-14-16(2,3)4)11-8(12)6-7-9(11)13/h6-7,10H,5,15H2,1-4H3. The van der Waals surface area contributed by atoms with E-state index >= 15 is 0 Å². The van der Waals surface area contributed by atoms with Crippen molar-refractivity contribution in [3.8, 4) is 0 Å². The molecule has 1 aliphatic rings. The minimum absolute atomic E-state index is 0.00160. The van der Waals surface area contributed by atoms with Gasteiger partial charge in [0, 0.05) is 12.2 Å². The average Bonchev–Trinajstić information content (AvgIpc) is 2.48. The van der Waals surface area contributed by atoms with Gasteiger partial charge in [0.25, 0.3) is 11.8 Å². The summed E-state index contributed by atoms with van der Waals surface area (Å²) in [6, 6.07) is 0. The SMILES string of the molecule is CCC([SiH2]O[Si](C)(C)C)N1C(=O)C=CC1=O. The Balaban J connectivity index is 2.61. The Bertz CT molecular complexity index is 305. The van der Waals surface area contributed by atoms with E-state index in [1.807, 2.05) is 6.92 Å². The molecule has 1 heterocycles. The lowest BCUT2D eigenvalue weighted by atomic mass is 10.4. The van der Waals surface area contributed by atoms with Gasteiger partial charge in [-0.05, 0) is 26.1 Å². The molecule has 90 valence electrons. The molecule has 0 aromatic heterocycles. The van der Waals surface area contributed by atoms with Crippen molar-refractivity contribution in [2.24, 2.45) is 0 Å². The van der Waals surface area contributed by atoms with E-state index in [1.54, 1.807) is 0 Å². The predicted octanol–water partition coefficient (Wildman–Crippen LogP) is 0.583. The summed E-state index contributed by atoms with van der Waals surface area (Å²) in [7, 11) is -2.41. The maximum Gasteiger partial charge on any atom is 0.253 e. The highest BCUT2D eigenvalue weighted by Gasteiger charge is 2.31. The van der Waals surface area contributed by atoms with Gasteiger partial charge in [-0.1, -0.05) is 6.92 Å². The topological polar surface area (TPSA) is 46.6 Å². The summed E-state index contributed by atoms with van der Waals surface area (Å²) in [4.78, 5) is 24.4. The fourth-order valence-electron chi connectivity index (χ4n) is 1.49. The number of imide groups is 1. The summed E-state index contributed by atoms with van der Waals surface area (Å²) < 4.78 is 5.90. The Morgan fingerprint density at radius 2 is 1.81 bits per heavy atom. The largest absolute Gasteiger partial charge is 0.459 e. The molecule has 0 radical (unpaired) electrons. The highest BCUT2D eigenvalue weighted by molar-refractivity contribution is 6.74. The van der Waals surface area contributed by atoms with Crippen molar-refractivity contribution >= 4 is 29.9 Å². The van der Waals surface area contributed by atoms with Crippen LogP contribution in [0.4, 0.5) is 0 Å². The van der Waals surface area contributed by atoms with Crippen LogP contribution in [-0.2, 0) is 13.7 Å². The van der Waals surface area contributed by atoms with E-state index in [0.29, 0.717) is 0 Å². The zero-order valence-electron chi connectivity index (χ0n) is 10.3. The van der Waals surface area contributed by atoms with E-state index in [9.17, 15) is 9.59 Å². The average molecular weight is 257 g/mol. The van der Waals surface area contributed by atoms with Crippen LogP contribution >= 0.6 is 0 Å². The molecule has 0 aromatic carbocycles. The van der Waals surface area contributed by atoms with Crippen molar-refractivity contribution in [3.05, 3.63) is 12.2 Å². The molecular weight excluding hydrogens is 238 g/mol. The van der Waals surface area contributed by atoms with Crippen LogP contribution in [-0.4, -0.2) is 40.5 Å². The van der Waals surface area contributed by atoms with Crippen LogP contribution in [0.5, 0.6) is 0 Å². The van der Waals surface area contributed by atoms with E-state index < -0.39 is 18.1 Å². The van der Waals surface area contributed by atoms with Crippen LogP contribution in [0.25, 0.3) is 0 Å². The van der Waals surface area contributed by atoms with Crippen molar-refractivity contribution in [2.45, 2.75) is 38.7 Å². The van der Waals surface area contributed by atoms with Gasteiger partial charge < -0.3 is 4.12 Å². The van der Waals surface area contributed by atoms with E-state index in [4.69, 9.17) is 4.12 Å². The van der Waals surface area contributed by atoms with Crippen molar-refractivity contribution in [1.29, 1.82) is 0 Å². The molecule has 0 saturated carbocycles. The number of amides is 2. The summed E-state index contributed by atoms with van der Waals surface area (Å²) in [6.45, 7) is 8.36. The maximum atomic E-state index is 11.5. The molecule has 1 aliphatic heterocycles. The first kappa shape index (κ1) is 13.3. The summed E-state index contributed by atoms with van der Waals surface area (Å²) >= 11 is 0. The molecular formula is C10H19NO3Si2. The highest BCUT2D eigenvalue weighted by atomic mass is 28.4. The molecule has 0 N–H and O–H groups in total. The Kier molecular flexibility index (Phi) is 4.23. The van der Waals surface area contributed by atoms with Gasteiger partial charge in [-0.2, -0.15) is 0 Å². The lowest BCUT2D eigenvalue weighted by Crippen LogP contribution is -2.46. The fraction of sp³-hybridized carbons (Fsp3) is 0.600. The molecule has 16 heavy (non-hydrogen) atoms. The van der Waals surface area contributed by atoms with Crippen molar-refractivity contribution in [2.75, 3.05) is 0 Å². The van der Waals surface area contributed by atoms with Crippen molar-refractivity contribution < 1.29 is 13.7 Å². The normalized spacial score (nSPS) is 19.1. The zero-order valence-corrected chi connectivity index (χ0v) is 12.7. The van der Waals surface area contributed by atoms with Gasteiger partial charge in [0.05, 0.1) is 5.67 Å². The first-order valence-corrected chi connectivity index (χ1v) is 10.3. The second-order valence-corrected chi connectivity index (χ2v) is 11.5. The van der Waals surface area contributed by atoms with Crippen LogP contribution in [0.3, 0.4) is 0 Å². The Labute approximate surface area is 99.7 Å². The van der Waals surface area contributed by atoms with Gasteiger partial charge in [-0.15, -0.1) is 0 Å². The molecule has 1 unspecified atom stereocenters. The second-order valence-electron chi connectivity index (χ2n) is 4.87. The Morgan fingerprint density at radius 1 is 1.31 bits per heavy atom. The molecule has 0 aliphatic carbocycles. The number of rotatable bonds is 5. The first-order chi connectivity index (χ1) is 7.35. The number of carbonyl (C=O) groups excluding carboxylic acids is 2. The first-order valence-electron chi connectivity index (χ1n) is 5.54. The molecule has 1 atom stereocenters. The molecule has 0 bridgehead atoms. The highest BCUT2D eigenvalue weighted by Crippen LogP contribution is 2.13. The number of carbonyl (C=O) groups is 2. The van der Waals surface area contributed by atoms with Crippen molar-refractivity contribution in [3.63, 3.8) is 0 Å². The van der Waals surface area contributed by atoms with Crippen LogP contribution in [0.2, 0.25) is 19.6 Å². The lowest BCUT2D eigenvalue weighted by Gasteiger charge is -2.27. The minimum atomic E-state index is -1.54. The van der Waals surface area contributed by atoms with Gasteiger partial charge in [0.1, 0.15) is 0 Å². The third-order valence-electron chi connectivity index (χ3n) is 2.39. The van der Waals surface area contributed by atoms with Gasteiger partial charge in [0.2, 0.25) is 0 Å². The van der Waals surface area contributed by atoms with Gasteiger partial charge in [-0.25, -0.2) is 0 Å². The van der Waals surface area contributed by atoms with Crippen LogP contribution in [0.15, 0.2) is 12.2 Å². The number of nitrogens with zero attached hydrogens (tertiary/aromatic N) is 1. The van der Waals surface area contributed by atoms with Gasteiger partial charge in [0.15, 0.2) is 18.1 Å². The lowest BCUT2D eigenvalue weighted by molar-refractivity contribution is -0.137. The monoisotopic (exact) mass is 257 g/mol. The third kappa shape index (κ3) is 3.39. The van der Waals surface area contributed by atoms with E-state index in [2.05, 4.69) is 19.6 Å². The zero-order chi connectivity index (χ0) is 12.3. The third-order valence-corrected chi connectivity index (χ3v) is 7.85. The second kappa shape index (κ2) is 5.07. The van der Waals surface area contributed by atoms with E-state index in [1.165, 1.54) is 17.1 Å². The summed E-state index contributed by atoms with van der Waals surface area (Å²) in [6.07, 6.45) is 3.47. The molecule has 0 spiro atoms. The summed E-state index contributed by atoms with van der Waals surface area (Å²) in [5.74, 6) is -0.382. The van der Waals surface area contributed by atoms with E-state index in [-0.39, 0.29) is 17.5 Å². The van der Waals surface area contributed by atoms with Crippen LogP contribution in [0.1, 0.15) is 13.3 Å². The van der Waals surface area contributed by atoms with Crippen LogP contribution in [0, 0.1) is 0 Å². The Hall–Kier alpha value is -0.726. The van der Waals surface area contributed by atoms with Gasteiger partial charge >= 0.3 is 0 Å². The van der Waals surface area contributed by atoms with E-state index in [0.717, 1.165) is 6.42 Å². The van der Waals surface area contributed by atoms with Crippen LogP contribution < -0.4 is 0 Å². The number of hydrogen-bond acceptors (Lipinski definition) is 3. The number of hydrogen-bond donors (Lipinski definition) is 0. The molecule has 0 aromatic rings. The Morgan fingerprint density at radius 3 is 2.19 bits per heavy atom. The van der Waals surface area contributed by atoms with Gasteiger partial charge in [-0.3, -0.25) is 14.5 Å². The molecule has 2 amide bonds. The fourth-order valence-corrected chi connectivity index (χ4v) is 5.01. The summed E-state index contributed by atoms with van der Waals surface area (Å²) in [5.41, 5.74) is 0.00160. The molecule has 6 heteroatoms.